The van der Waals surface area contributed by atoms with Crippen molar-refractivity contribution >= 4 is 45.6 Å². The summed E-state index contributed by atoms with van der Waals surface area (Å²) in [5.41, 5.74) is 1.54. The molecule has 0 bridgehead atoms. The highest BCUT2D eigenvalue weighted by atomic mass is 32.1. The summed E-state index contributed by atoms with van der Waals surface area (Å²) in [6.07, 6.45) is 0.0432. The lowest BCUT2D eigenvalue weighted by Gasteiger charge is -2.12. The zero-order valence-corrected chi connectivity index (χ0v) is 16.4. The number of amides is 3. The van der Waals surface area contributed by atoms with Crippen molar-refractivity contribution in [3.8, 4) is 5.75 Å². The topological polar surface area (TPSA) is 109 Å². The molecule has 0 aliphatic carbocycles. The van der Waals surface area contributed by atoms with Crippen LogP contribution in [0, 0.1) is 5.92 Å². The molecule has 1 heterocycles. The number of nitrogens with zero attached hydrogens (tertiary/aromatic N) is 1. The van der Waals surface area contributed by atoms with Gasteiger partial charge in [0.1, 0.15) is 5.75 Å². The van der Waals surface area contributed by atoms with Crippen LogP contribution < -0.4 is 20.7 Å². The molecule has 3 N–H and O–H groups in total. The first-order valence-electron chi connectivity index (χ1n) is 8.29. The second-order valence-electron chi connectivity index (χ2n) is 6.11. The number of anilines is 3. The fraction of sp³-hybridized carbons (Fsp3) is 0.333. The second kappa shape index (κ2) is 9.13. The molecule has 2 rings (SSSR count). The van der Waals surface area contributed by atoms with Gasteiger partial charge < -0.3 is 20.7 Å². The Labute approximate surface area is 161 Å². The molecule has 1 aromatic heterocycles. The van der Waals surface area contributed by atoms with E-state index in [0.717, 1.165) is 0 Å². The average molecular weight is 390 g/mol. The van der Waals surface area contributed by atoms with Crippen molar-refractivity contribution in [3.63, 3.8) is 0 Å². The third kappa shape index (κ3) is 6.07. The van der Waals surface area contributed by atoms with Gasteiger partial charge in [0.2, 0.25) is 17.7 Å². The van der Waals surface area contributed by atoms with Crippen LogP contribution in [-0.4, -0.2) is 29.8 Å². The van der Waals surface area contributed by atoms with E-state index in [1.165, 1.54) is 25.4 Å². The van der Waals surface area contributed by atoms with Crippen molar-refractivity contribution in [2.75, 3.05) is 23.1 Å². The number of hydrogen-bond donors (Lipinski definition) is 3. The first kappa shape index (κ1) is 20.4. The number of nitrogens with one attached hydrogen (secondary N) is 3. The zero-order chi connectivity index (χ0) is 20.0. The monoisotopic (exact) mass is 390 g/mol. The van der Waals surface area contributed by atoms with E-state index in [1.54, 1.807) is 37.4 Å². The van der Waals surface area contributed by atoms with E-state index in [4.69, 9.17) is 4.74 Å². The number of methoxy groups -OCH3 is 1. The third-order valence-electron chi connectivity index (χ3n) is 3.44. The summed E-state index contributed by atoms with van der Waals surface area (Å²) in [5.74, 6) is -0.305. The Hall–Kier alpha value is -2.94. The van der Waals surface area contributed by atoms with E-state index in [9.17, 15) is 14.4 Å². The van der Waals surface area contributed by atoms with Crippen LogP contribution in [0.4, 0.5) is 16.5 Å². The largest absolute Gasteiger partial charge is 0.495 e. The molecule has 0 saturated heterocycles. The first-order chi connectivity index (χ1) is 12.8. The Balaban J connectivity index is 2.04. The second-order valence-corrected chi connectivity index (χ2v) is 6.97. The Bertz CT molecular complexity index is 848. The molecular weight excluding hydrogens is 368 g/mol. The van der Waals surface area contributed by atoms with Gasteiger partial charge in [-0.15, -0.1) is 11.3 Å². The van der Waals surface area contributed by atoms with E-state index >= 15 is 0 Å². The molecule has 0 aliphatic rings. The van der Waals surface area contributed by atoms with Crippen molar-refractivity contribution in [1.29, 1.82) is 0 Å². The van der Waals surface area contributed by atoms with E-state index in [-0.39, 0.29) is 30.1 Å². The van der Waals surface area contributed by atoms with Crippen molar-refractivity contribution in [2.24, 2.45) is 5.92 Å². The van der Waals surface area contributed by atoms with Gasteiger partial charge in [0.05, 0.1) is 24.9 Å². The van der Waals surface area contributed by atoms with Crippen LogP contribution in [0.25, 0.3) is 0 Å². The minimum Gasteiger partial charge on any atom is -0.495 e. The fourth-order valence-electron chi connectivity index (χ4n) is 2.14. The molecule has 144 valence electrons. The van der Waals surface area contributed by atoms with E-state index in [0.29, 0.717) is 27.9 Å². The zero-order valence-electron chi connectivity index (χ0n) is 15.6. The Kier molecular flexibility index (Phi) is 6.89. The predicted molar refractivity (Wildman–Crippen MR) is 105 cm³/mol. The van der Waals surface area contributed by atoms with Gasteiger partial charge in [0.15, 0.2) is 5.13 Å². The molecule has 0 unspecified atom stereocenters. The number of carbonyl (C=O) groups is 3. The maximum atomic E-state index is 12.3. The van der Waals surface area contributed by atoms with Gasteiger partial charge in [-0.3, -0.25) is 14.4 Å². The summed E-state index contributed by atoms with van der Waals surface area (Å²) in [6.45, 7) is 4.99. The lowest BCUT2D eigenvalue weighted by atomic mass is 10.2. The molecule has 0 fully saturated rings. The average Bonchev–Trinajstić information content (AvgIpc) is 3.01. The molecule has 9 heteroatoms. The first-order valence-corrected chi connectivity index (χ1v) is 9.17. The molecule has 2 aromatic rings. The molecule has 0 aliphatic heterocycles. The number of ether oxygens (including phenoxy) is 1. The molecule has 3 amide bonds. The SMILES string of the molecule is COc1ccc(NC(C)=O)cc1NC(=O)Cc1csc(NC(=O)C(C)C)n1. The molecule has 8 nitrogen and oxygen atoms in total. The number of benzene rings is 1. The predicted octanol–water partition coefficient (Wildman–Crippen LogP) is 2.89. The van der Waals surface area contributed by atoms with Crippen LogP contribution in [0.2, 0.25) is 0 Å². The van der Waals surface area contributed by atoms with Crippen molar-refractivity contribution < 1.29 is 19.1 Å². The minimum absolute atomic E-state index is 0.0432. The van der Waals surface area contributed by atoms with Gasteiger partial charge in [0, 0.05) is 23.9 Å². The number of rotatable bonds is 7. The Morgan fingerprint density at radius 1 is 1.19 bits per heavy atom. The van der Waals surface area contributed by atoms with Gasteiger partial charge in [-0.2, -0.15) is 0 Å². The molecule has 0 atom stereocenters. The van der Waals surface area contributed by atoms with Gasteiger partial charge >= 0.3 is 0 Å². The van der Waals surface area contributed by atoms with Gasteiger partial charge in [-0.05, 0) is 18.2 Å². The van der Waals surface area contributed by atoms with E-state index in [1.807, 2.05) is 0 Å². The van der Waals surface area contributed by atoms with Gasteiger partial charge in [0.25, 0.3) is 0 Å². The Morgan fingerprint density at radius 3 is 2.56 bits per heavy atom. The number of thiazole rings is 1. The highest BCUT2D eigenvalue weighted by molar-refractivity contribution is 7.13. The smallest absolute Gasteiger partial charge is 0.230 e. The highest BCUT2D eigenvalue weighted by Gasteiger charge is 2.14. The molecular formula is C18H22N4O4S. The molecule has 1 aromatic carbocycles. The maximum Gasteiger partial charge on any atom is 0.230 e. The summed E-state index contributed by atoms with van der Waals surface area (Å²) in [6, 6.07) is 4.96. The number of carbonyl (C=O) groups excluding carboxylic acids is 3. The highest BCUT2D eigenvalue weighted by Crippen LogP contribution is 2.28. The lowest BCUT2D eigenvalue weighted by molar-refractivity contribution is -0.119. The third-order valence-corrected chi connectivity index (χ3v) is 4.25. The van der Waals surface area contributed by atoms with Crippen molar-refractivity contribution in [2.45, 2.75) is 27.2 Å². The van der Waals surface area contributed by atoms with Crippen molar-refractivity contribution in [1.82, 2.24) is 4.98 Å². The summed E-state index contributed by atoms with van der Waals surface area (Å²) in [5, 5.41) is 10.3. The van der Waals surface area contributed by atoms with Gasteiger partial charge in [-0.1, -0.05) is 13.8 Å². The standard InChI is InChI=1S/C18H22N4O4S/c1-10(2)17(25)22-18-20-13(9-27-18)8-16(24)21-14-7-12(19-11(3)23)5-6-15(14)26-4/h5-7,9-10H,8H2,1-4H3,(H,19,23)(H,21,24)(H,20,22,25). The van der Waals surface area contributed by atoms with E-state index < -0.39 is 0 Å². The van der Waals surface area contributed by atoms with Crippen LogP contribution in [-0.2, 0) is 20.8 Å². The molecule has 27 heavy (non-hydrogen) atoms. The van der Waals surface area contributed by atoms with Crippen LogP contribution in [0.15, 0.2) is 23.6 Å². The fourth-order valence-corrected chi connectivity index (χ4v) is 2.85. The van der Waals surface area contributed by atoms with Crippen molar-refractivity contribution in [3.05, 3.63) is 29.3 Å². The Morgan fingerprint density at radius 2 is 1.93 bits per heavy atom. The molecule has 0 spiro atoms. The quantitative estimate of drug-likeness (QED) is 0.673. The summed E-state index contributed by atoms with van der Waals surface area (Å²) in [7, 11) is 1.49. The number of hydrogen-bond acceptors (Lipinski definition) is 6. The minimum atomic E-state index is -0.291. The maximum absolute atomic E-state index is 12.3. The lowest BCUT2D eigenvalue weighted by Crippen LogP contribution is -2.18. The van der Waals surface area contributed by atoms with Crippen LogP contribution in [0.3, 0.4) is 0 Å². The van der Waals surface area contributed by atoms with Gasteiger partial charge in [-0.25, -0.2) is 4.98 Å². The van der Waals surface area contributed by atoms with E-state index in [2.05, 4.69) is 20.9 Å². The molecule has 0 saturated carbocycles. The summed E-state index contributed by atoms with van der Waals surface area (Å²) < 4.78 is 5.24. The van der Waals surface area contributed by atoms with Crippen LogP contribution in [0.1, 0.15) is 26.5 Å². The summed E-state index contributed by atoms with van der Waals surface area (Å²) >= 11 is 1.27. The molecule has 0 radical (unpaired) electrons. The van der Waals surface area contributed by atoms with Crippen LogP contribution in [0.5, 0.6) is 5.75 Å². The normalized spacial score (nSPS) is 10.4. The summed E-state index contributed by atoms with van der Waals surface area (Å²) in [4.78, 5) is 39.5. The van der Waals surface area contributed by atoms with Crippen LogP contribution >= 0.6 is 11.3 Å². The number of aromatic nitrogens is 1.